The third kappa shape index (κ3) is 1.96. The van der Waals surface area contributed by atoms with Crippen LogP contribution in [0.3, 0.4) is 0 Å². The first kappa shape index (κ1) is 11.2. The fourth-order valence-corrected chi connectivity index (χ4v) is 1.36. The molecule has 1 aliphatic heterocycles. The van der Waals surface area contributed by atoms with Crippen LogP contribution in [0.4, 0.5) is 0 Å². The van der Waals surface area contributed by atoms with E-state index in [2.05, 4.69) is 6.58 Å². The molecule has 1 rings (SSSR count). The van der Waals surface area contributed by atoms with Crippen LogP contribution in [0.25, 0.3) is 0 Å². The predicted octanol–water partition coefficient (Wildman–Crippen LogP) is 1.26. The summed E-state index contributed by atoms with van der Waals surface area (Å²) < 4.78 is 15.2. The van der Waals surface area contributed by atoms with Crippen LogP contribution in [-0.2, 0) is 19.0 Å². The standard InChI is InChI=1S/C10H16O4/c1-5-13-9(11)7(2)10(3)6-8(12-4)14-10/h8H,2,5-6H2,1,3-4H3. The minimum atomic E-state index is -0.618. The highest BCUT2D eigenvalue weighted by atomic mass is 16.7. The van der Waals surface area contributed by atoms with Crippen LogP contribution in [0.2, 0.25) is 0 Å². The smallest absolute Gasteiger partial charge is 0.336 e. The zero-order valence-corrected chi connectivity index (χ0v) is 8.83. The molecule has 1 fully saturated rings. The van der Waals surface area contributed by atoms with Crippen molar-refractivity contribution in [3.63, 3.8) is 0 Å². The minimum Gasteiger partial charge on any atom is -0.463 e. The molecule has 4 heteroatoms. The summed E-state index contributed by atoms with van der Waals surface area (Å²) in [6, 6.07) is 0. The summed E-state index contributed by atoms with van der Waals surface area (Å²) in [5.41, 5.74) is -0.264. The number of carbonyl (C=O) groups is 1. The van der Waals surface area contributed by atoms with Gasteiger partial charge in [0.05, 0.1) is 12.2 Å². The average molecular weight is 200 g/mol. The Balaban J connectivity index is 2.50. The molecule has 0 spiro atoms. The fourth-order valence-electron chi connectivity index (χ4n) is 1.36. The van der Waals surface area contributed by atoms with E-state index < -0.39 is 11.6 Å². The zero-order valence-electron chi connectivity index (χ0n) is 8.83. The highest BCUT2D eigenvalue weighted by molar-refractivity contribution is 5.90. The van der Waals surface area contributed by atoms with E-state index in [1.807, 2.05) is 6.92 Å². The lowest BCUT2D eigenvalue weighted by Crippen LogP contribution is -2.51. The second kappa shape index (κ2) is 4.11. The van der Waals surface area contributed by atoms with E-state index in [9.17, 15) is 4.79 Å². The molecule has 0 amide bonds. The van der Waals surface area contributed by atoms with E-state index in [0.717, 1.165) is 0 Å². The molecule has 0 saturated carbocycles. The predicted molar refractivity (Wildman–Crippen MR) is 50.7 cm³/mol. The summed E-state index contributed by atoms with van der Waals surface area (Å²) >= 11 is 0. The van der Waals surface area contributed by atoms with Gasteiger partial charge >= 0.3 is 5.97 Å². The first-order valence-corrected chi connectivity index (χ1v) is 4.60. The Morgan fingerprint density at radius 1 is 1.71 bits per heavy atom. The SMILES string of the molecule is C=C(C(=O)OCC)C1(C)CC(OC)O1. The second-order valence-corrected chi connectivity index (χ2v) is 3.42. The van der Waals surface area contributed by atoms with Crippen molar-refractivity contribution >= 4 is 5.97 Å². The van der Waals surface area contributed by atoms with Crippen LogP contribution < -0.4 is 0 Å². The number of rotatable bonds is 4. The van der Waals surface area contributed by atoms with Crippen LogP contribution >= 0.6 is 0 Å². The topological polar surface area (TPSA) is 44.8 Å². The molecular weight excluding hydrogens is 184 g/mol. The van der Waals surface area contributed by atoms with Crippen LogP contribution in [0, 0.1) is 0 Å². The van der Waals surface area contributed by atoms with E-state index in [4.69, 9.17) is 14.2 Å². The van der Waals surface area contributed by atoms with Crippen LogP contribution in [0.5, 0.6) is 0 Å². The van der Waals surface area contributed by atoms with Crippen LogP contribution in [0.15, 0.2) is 12.2 Å². The van der Waals surface area contributed by atoms with Gasteiger partial charge in [-0.2, -0.15) is 0 Å². The molecule has 1 aliphatic rings. The number of hydrogen-bond donors (Lipinski definition) is 0. The Hall–Kier alpha value is -0.870. The van der Waals surface area contributed by atoms with Gasteiger partial charge in [-0.25, -0.2) is 4.79 Å². The van der Waals surface area contributed by atoms with Crippen molar-refractivity contribution in [2.75, 3.05) is 13.7 Å². The number of methoxy groups -OCH3 is 1. The van der Waals surface area contributed by atoms with Crippen molar-refractivity contribution in [3.8, 4) is 0 Å². The maximum Gasteiger partial charge on any atom is 0.336 e. The number of hydrogen-bond acceptors (Lipinski definition) is 4. The van der Waals surface area contributed by atoms with Gasteiger partial charge in [-0.1, -0.05) is 6.58 Å². The summed E-state index contributed by atoms with van der Waals surface area (Å²) in [7, 11) is 1.57. The first-order chi connectivity index (χ1) is 6.53. The molecule has 0 radical (unpaired) electrons. The molecule has 2 atom stereocenters. The molecule has 1 saturated heterocycles. The van der Waals surface area contributed by atoms with Crippen LogP contribution in [0.1, 0.15) is 20.3 Å². The van der Waals surface area contributed by atoms with Gasteiger partial charge in [-0.15, -0.1) is 0 Å². The molecular formula is C10H16O4. The Morgan fingerprint density at radius 2 is 2.29 bits per heavy atom. The van der Waals surface area contributed by atoms with E-state index >= 15 is 0 Å². The molecule has 0 aliphatic carbocycles. The van der Waals surface area contributed by atoms with Gasteiger partial charge in [0.25, 0.3) is 0 Å². The summed E-state index contributed by atoms with van der Waals surface area (Å²) in [6.45, 7) is 7.59. The van der Waals surface area contributed by atoms with Crippen molar-refractivity contribution in [3.05, 3.63) is 12.2 Å². The van der Waals surface area contributed by atoms with Crippen molar-refractivity contribution in [1.82, 2.24) is 0 Å². The minimum absolute atomic E-state index is 0.230. The lowest BCUT2D eigenvalue weighted by Gasteiger charge is -2.44. The van der Waals surface area contributed by atoms with Crippen molar-refractivity contribution < 1.29 is 19.0 Å². The molecule has 0 aromatic heterocycles. The van der Waals surface area contributed by atoms with Gasteiger partial charge in [0.2, 0.25) is 0 Å². The van der Waals surface area contributed by atoms with Gasteiger partial charge in [-0.05, 0) is 13.8 Å². The maximum atomic E-state index is 11.3. The van der Waals surface area contributed by atoms with Gasteiger partial charge in [0, 0.05) is 13.5 Å². The molecule has 2 unspecified atom stereocenters. The van der Waals surface area contributed by atoms with E-state index in [-0.39, 0.29) is 6.29 Å². The molecule has 0 aromatic rings. The van der Waals surface area contributed by atoms with E-state index in [1.165, 1.54) is 0 Å². The summed E-state index contributed by atoms with van der Waals surface area (Å²) in [6.07, 6.45) is 0.410. The average Bonchev–Trinajstić information content (AvgIpc) is 2.12. The van der Waals surface area contributed by atoms with Crippen molar-refractivity contribution in [1.29, 1.82) is 0 Å². The van der Waals surface area contributed by atoms with Crippen molar-refractivity contribution in [2.24, 2.45) is 0 Å². The quantitative estimate of drug-likeness (QED) is 0.506. The molecule has 1 heterocycles. The number of carbonyl (C=O) groups excluding carboxylic acids is 1. The Labute approximate surface area is 83.8 Å². The molecule has 0 N–H and O–H groups in total. The normalized spacial score (nSPS) is 30.6. The van der Waals surface area contributed by atoms with Crippen LogP contribution in [-0.4, -0.2) is 31.6 Å². The monoisotopic (exact) mass is 200 g/mol. The van der Waals surface area contributed by atoms with E-state index in [0.29, 0.717) is 18.6 Å². The van der Waals surface area contributed by atoms with Gasteiger partial charge in [0.15, 0.2) is 6.29 Å². The lowest BCUT2D eigenvalue weighted by atomic mass is 9.88. The summed E-state index contributed by atoms with van der Waals surface area (Å²) in [5.74, 6) is -0.399. The Bertz CT molecular complexity index is 241. The lowest BCUT2D eigenvalue weighted by molar-refractivity contribution is -0.278. The zero-order chi connectivity index (χ0) is 10.8. The molecule has 14 heavy (non-hydrogen) atoms. The second-order valence-electron chi connectivity index (χ2n) is 3.42. The number of ether oxygens (including phenoxy) is 3. The molecule has 0 bridgehead atoms. The fraction of sp³-hybridized carbons (Fsp3) is 0.700. The first-order valence-electron chi connectivity index (χ1n) is 4.60. The third-order valence-electron chi connectivity index (χ3n) is 2.37. The highest BCUT2D eigenvalue weighted by Gasteiger charge is 2.46. The van der Waals surface area contributed by atoms with Crippen molar-refractivity contribution in [2.45, 2.75) is 32.2 Å². The summed E-state index contributed by atoms with van der Waals surface area (Å²) in [5, 5.41) is 0. The van der Waals surface area contributed by atoms with E-state index in [1.54, 1.807) is 14.0 Å². The largest absolute Gasteiger partial charge is 0.463 e. The van der Waals surface area contributed by atoms with Gasteiger partial charge in [0.1, 0.15) is 5.60 Å². The molecule has 80 valence electrons. The van der Waals surface area contributed by atoms with Gasteiger partial charge in [-0.3, -0.25) is 0 Å². The molecule has 4 nitrogen and oxygen atoms in total. The highest BCUT2D eigenvalue weighted by Crippen LogP contribution is 2.38. The Morgan fingerprint density at radius 3 is 2.71 bits per heavy atom. The third-order valence-corrected chi connectivity index (χ3v) is 2.37. The van der Waals surface area contributed by atoms with Gasteiger partial charge < -0.3 is 14.2 Å². The molecule has 0 aromatic carbocycles. The Kier molecular flexibility index (Phi) is 3.29. The number of esters is 1. The maximum absolute atomic E-state index is 11.3. The summed E-state index contributed by atoms with van der Waals surface area (Å²) in [4.78, 5) is 11.3.